The van der Waals surface area contributed by atoms with E-state index in [0.29, 0.717) is 5.82 Å². The molecule has 0 spiro atoms. The zero-order chi connectivity index (χ0) is 10.7. The summed E-state index contributed by atoms with van der Waals surface area (Å²) < 4.78 is 4.06. The van der Waals surface area contributed by atoms with Gasteiger partial charge in [-0.1, -0.05) is 26.2 Å². The van der Waals surface area contributed by atoms with Crippen LogP contribution < -0.4 is 11.1 Å². The van der Waals surface area contributed by atoms with Crippen molar-refractivity contribution in [2.45, 2.75) is 32.6 Å². The number of nitrogen functional groups attached to an aromatic ring is 1. The molecule has 84 valence electrons. The van der Waals surface area contributed by atoms with E-state index >= 15 is 0 Å². The van der Waals surface area contributed by atoms with E-state index in [9.17, 15) is 0 Å². The van der Waals surface area contributed by atoms with E-state index in [0.717, 1.165) is 23.4 Å². The second kappa shape index (κ2) is 4.84. The van der Waals surface area contributed by atoms with Crippen LogP contribution in [0.4, 0.5) is 10.8 Å². The van der Waals surface area contributed by atoms with Crippen LogP contribution in [0.3, 0.4) is 0 Å². The lowest BCUT2D eigenvalue weighted by Crippen LogP contribution is -2.24. The summed E-state index contributed by atoms with van der Waals surface area (Å²) in [5, 5.41) is 4.54. The minimum atomic E-state index is 0.624. The first kappa shape index (κ1) is 10.7. The van der Waals surface area contributed by atoms with Gasteiger partial charge in [0.1, 0.15) is 10.8 Å². The van der Waals surface area contributed by atoms with Crippen LogP contribution in [-0.4, -0.2) is 10.9 Å². The summed E-state index contributed by atoms with van der Waals surface area (Å²) in [6.45, 7) is 3.44. The molecule has 3 nitrogen and oxygen atoms in total. The van der Waals surface area contributed by atoms with E-state index in [-0.39, 0.29) is 0 Å². The molecule has 3 N–H and O–H groups in total. The Morgan fingerprint density at radius 2 is 2.33 bits per heavy atom. The van der Waals surface area contributed by atoms with Crippen molar-refractivity contribution < 1.29 is 0 Å². The molecule has 2 unspecified atom stereocenters. The Hall–Kier alpha value is -0.770. The van der Waals surface area contributed by atoms with E-state index in [2.05, 4.69) is 16.6 Å². The van der Waals surface area contributed by atoms with Gasteiger partial charge in [-0.25, -0.2) is 0 Å². The second-order valence-electron chi connectivity index (χ2n) is 4.52. The largest absolute Gasteiger partial charge is 0.383 e. The fraction of sp³-hybridized carbons (Fsp3) is 0.727. The number of rotatable bonds is 3. The molecule has 1 aromatic rings. The molecule has 2 rings (SSSR count). The van der Waals surface area contributed by atoms with Gasteiger partial charge in [0.15, 0.2) is 0 Å². The van der Waals surface area contributed by atoms with Gasteiger partial charge in [-0.15, -0.1) is 0 Å². The van der Waals surface area contributed by atoms with Crippen molar-refractivity contribution in [3.05, 3.63) is 6.07 Å². The Kier molecular flexibility index (Phi) is 3.46. The van der Waals surface area contributed by atoms with Crippen molar-refractivity contribution in [3.63, 3.8) is 0 Å². The first-order valence-corrected chi connectivity index (χ1v) is 6.49. The quantitative estimate of drug-likeness (QED) is 0.831. The van der Waals surface area contributed by atoms with Crippen LogP contribution in [0, 0.1) is 11.8 Å². The van der Waals surface area contributed by atoms with Gasteiger partial charge in [-0.05, 0) is 29.8 Å². The smallest absolute Gasteiger partial charge is 0.139 e. The number of nitrogens with zero attached hydrogens (tertiary/aromatic N) is 1. The summed E-state index contributed by atoms with van der Waals surface area (Å²) in [6.07, 6.45) is 5.55. The number of nitrogens with one attached hydrogen (secondary N) is 1. The monoisotopic (exact) mass is 225 g/mol. The molecule has 0 radical (unpaired) electrons. The number of nitrogens with two attached hydrogens (primary N) is 1. The molecule has 4 heteroatoms. The molecule has 1 aromatic heterocycles. The molecule has 0 aliphatic heterocycles. The number of anilines is 2. The highest BCUT2D eigenvalue weighted by atomic mass is 32.1. The third kappa shape index (κ3) is 2.84. The standard InChI is InChI=1S/C11H19N3S/c1-8-4-2-3-5-9(8)7-13-11-6-10(12)14-15-11/h6,8-9,13H,2-5,7H2,1H3,(H2,12,14). The number of aromatic nitrogens is 1. The van der Waals surface area contributed by atoms with Crippen molar-refractivity contribution in [3.8, 4) is 0 Å². The minimum absolute atomic E-state index is 0.624. The van der Waals surface area contributed by atoms with Gasteiger partial charge in [0.05, 0.1) is 0 Å². The third-order valence-electron chi connectivity index (χ3n) is 3.36. The van der Waals surface area contributed by atoms with Crippen LogP contribution in [0.5, 0.6) is 0 Å². The van der Waals surface area contributed by atoms with E-state index in [1.807, 2.05) is 6.07 Å². The molecule has 1 aliphatic carbocycles. The Bertz CT molecular complexity index is 311. The Morgan fingerprint density at radius 3 is 3.00 bits per heavy atom. The molecule has 2 atom stereocenters. The highest BCUT2D eigenvalue weighted by Gasteiger charge is 2.20. The molecular formula is C11H19N3S. The van der Waals surface area contributed by atoms with Crippen LogP contribution in [0.15, 0.2) is 6.07 Å². The zero-order valence-electron chi connectivity index (χ0n) is 9.20. The minimum Gasteiger partial charge on any atom is -0.383 e. The zero-order valence-corrected chi connectivity index (χ0v) is 10.0. The van der Waals surface area contributed by atoms with Gasteiger partial charge in [0, 0.05) is 12.6 Å². The van der Waals surface area contributed by atoms with Crippen LogP contribution in [0.2, 0.25) is 0 Å². The molecule has 15 heavy (non-hydrogen) atoms. The van der Waals surface area contributed by atoms with Crippen molar-refractivity contribution in [1.82, 2.24) is 4.37 Å². The van der Waals surface area contributed by atoms with Crippen LogP contribution in [-0.2, 0) is 0 Å². The summed E-state index contributed by atoms with van der Waals surface area (Å²) in [6, 6.07) is 1.91. The van der Waals surface area contributed by atoms with Crippen molar-refractivity contribution in [2.24, 2.45) is 11.8 Å². The van der Waals surface area contributed by atoms with E-state index in [1.54, 1.807) is 0 Å². The third-order valence-corrected chi connectivity index (χ3v) is 4.12. The SMILES string of the molecule is CC1CCCCC1CNc1cc(N)ns1. The topological polar surface area (TPSA) is 50.9 Å². The highest BCUT2D eigenvalue weighted by Crippen LogP contribution is 2.30. The van der Waals surface area contributed by atoms with E-state index in [4.69, 9.17) is 5.73 Å². The Morgan fingerprint density at radius 1 is 1.53 bits per heavy atom. The van der Waals surface area contributed by atoms with Gasteiger partial charge in [-0.2, -0.15) is 4.37 Å². The molecule has 0 saturated heterocycles. The normalized spacial score (nSPS) is 26.5. The van der Waals surface area contributed by atoms with Crippen molar-refractivity contribution >= 4 is 22.4 Å². The van der Waals surface area contributed by atoms with Gasteiger partial charge in [0.2, 0.25) is 0 Å². The van der Waals surface area contributed by atoms with E-state index in [1.165, 1.54) is 37.2 Å². The fourth-order valence-electron chi connectivity index (χ4n) is 2.30. The lowest BCUT2D eigenvalue weighted by atomic mass is 9.80. The average Bonchev–Trinajstić information content (AvgIpc) is 2.63. The maximum Gasteiger partial charge on any atom is 0.139 e. The summed E-state index contributed by atoms with van der Waals surface area (Å²) in [7, 11) is 0. The molecule has 1 fully saturated rings. The maximum atomic E-state index is 5.57. The van der Waals surface area contributed by atoms with Gasteiger partial charge in [0.25, 0.3) is 0 Å². The molecule has 0 amide bonds. The highest BCUT2D eigenvalue weighted by molar-refractivity contribution is 7.10. The Balaban J connectivity index is 1.81. The van der Waals surface area contributed by atoms with Crippen LogP contribution >= 0.6 is 11.5 Å². The summed E-state index contributed by atoms with van der Waals surface area (Å²) in [5.74, 6) is 2.30. The molecular weight excluding hydrogens is 206 g/mol. The summed E-state index contributed by atoms with van der Waals surface area (Å²) >= 11 is 1.45. The molecule has 0 bridgehead atoms. The number of hydrogen-bond acceptors (Lipinski definition) is 4. The lowest BCUT2D eigenvalue weighted by molar-refractivity contribution is 0.269. The summed E-state index contributed by atoms with van der Waals surface area (Å²) in [5.41, 5.74) is 5.57. The van der Waals surface area contributed by atoms with Crippen molar-refractivity contribution in [2.75, 3.05) is 17.6 Å². The average molecular weight is 225 g/mol. The van der Waals surface area contributed by atoms with Gasteiger partial charge >= 0.3 is 0 Å². The van der Waals surface area contributed by atoms with Crippen molar-refractivity contribution in [1.29, 1.82) is 0 Å². The van der Waals surface area contributed by atoms with Crippen LogP contribution in [0.1, 0.15) is 32.6 Å². The second-order valence-corrected chi connectivity index (χ2v) is 5.32. The maximum absolute atomic E-state index is 5.57. The molecule has 0 aromatic carbocycles. The molecule has 1 aliphatic rings. The van der Waals surface area contributed by atoms with Gasteiger partial charge in [-0.3, -0.25) is 0 Å². The first-order valence-electron chi connectivity index (χ1n) is 5.72. The molecule has 1 heterocycles. The lowest BCUT2D eigenvalue weighted by Gasteiger charge is -2.28. The molecule has 1 saturated carbocycles. The van der Waals surface area contributed by atoms with Crippen LogP contribution in [0.25, 0.3) is 0 Å². The summed E-state index contributed by atoms with van der Waals surface area (Å²) in [4.78, 5) is 0. The number of hydrogen-bond donors (Lipinski definition) is 2. The fourth-order valence-corrected chi connectivity index (χ4v) is 2.88. The van der Waals surface area contributed by atoms with E-state index < -0.39 is 0 Å². The van der Waals surface area contributed by atoms with Gasteiger partial charge < -0.3 is 11.1 Å². The Labute approximate surface area is 95.2 Å². The predicted molar refractivity (Wildman–Crippen MR) is 66.1 cm³/mol. The first-order chi connectivity index (χ1) is 7.25. The predicted octanol–water partition coefficient (Wildman–Crippen LogP) is 2.96.